The second-order valence-corrected chi connectivity index (χ2v) is 4.81. The Morgan fingerprint density at radius 1 is 1.16 bits per heavy atom. The zero-order valence-electron chi connectivity index (χ0n) is 10.9. The van der Waals surface area contributed by atoms with Crippen molar-refractivity contribution in [3.05, 3.63) is 47.9 Å². The van der Waals surface area contributed by atoms with Gasteiger partial charge in [-0.2, -0.15) is 0 Å². The minimum atomic E-state index is 0.427. The summed E-state index contributed by atoms with van der Waals surface area (Å²) >= 11 is 0. The molecular formula is C15H18N4. The van der Waals surface area contributed by atoms with Crippen molar-refractivity contribution < 1.29 is 0 Å². The number of rotatable bonds is 2. The summed E-state index contributed by atoms with van der Waals surface area (Å²) in [5, 5.41) is 0. The zero-order chi connectivity index (χ0) is 13.1. The first-order chi connectivity index (χ1) is 9.38. The third-order valence-corrected chi connectivity index (χ3v) is 3.52. The van der Waals surface area contributed by atoms with Crippen molar-refractivity contribution in [3.8, 4) is 0 Å². The van der Waals surface area contributed by atoms with Crippen molar-refractivity contribution in [1.29, 1.82) is 0 Å². The molecule has 0 aliphatic carbocycles. The minimum absolute atomic E-state index is 0.427. The molecule has 0 amide bonds. The monoisotopic (exact) mass is 254 g/mol. The number of para-hydroxylation sites is 1. The van der Waals surface area contributed by atoms with E-state index in [1.807, 2.05) is 6.20 Å². The lowest BCUT2D eigenvalue weighted by molar-refractivity contribution is 0.755. The standard InChI is InChI=1S/C15H18N4/c16-9-13-10-17-11-15(18-13)19-8-4-3-6-12-5-1-2-7-14(12)19/h1-2,5,7,10-11H,3-4,6,8-9,16H2. The van der Waals surface area contributed by atoms with Gasteiger partial charge in [-0.15, -0.1) is 0 Å². The van der Waals surface area contributed by atoms with Crippen LogP contribution in [0.4, 0.5) is 11.5 Å². The highest BCUT2D eigenvalue weighted by Gasteiger charge is 2.17. The number of nitrogens with zero attached hydrogens (tertiary/aromatic N) is 3. The van der Waals surface area contributed by atoms with Crippen LogP contribution in [-0.4, -0.2) is 16.5 Å². The number of aromatic nitrogens is 2. The predicted molar refractivity (Wildman–Crippen MR) is 76.3 cm³/mol. The lowest BCUT2D eigenvalue weighted by Crippen LogP contribution is -2.20. The Morgan fingerprint density at radius 3 is 2.95 bits per heavy atom. The molecule has 0 saturated carbocycles. The Kier molecular flexibility index (Phi) is 3.42. The highest BCUT2D eigenvalue weighted by molar-refractivity contribution is 5.64. The summed E-state index contributed by atoms with van der Waals surface area (Å²) in [6, 6.07) is 8.55. The van der Waals surface area contributed by atoms with Crippen molar-refractivity contribution in [2.45, 2.75) is 25.8 Å². The molecule has 0 unspecified atom stereocenters. The molecule has 0 saturated heterocycles. The van der Waals surface area contributed by atoms with Gasteiger partial charge in [-0.1, -0.05) is 18.2 Å². The molecule has 2 heterocycles. The Labute approximate surface area is 113 Å². The molecule has 2 aromatic rings. The highest BCUT2D eigenvalue weighted by Crippen LogP contribution is 2.31. The molecule has 0 bridgehead atoms. The molecule has 0 fully saturated rings. The third-order valence-electron chi connectivity index (χ3n) is 3.52. The quantitative estimate of drug-likeness (QED) is 0.894. The number of aryl methyl sites for hydroxylation is 1. The molecule has 0 spiro atoms. The van der Waals surface area contributed by atoms with E-state index in [9.17, 15) is 0 Å². The summed E-state index contributed by atoms with van der Waals surface area (Å²) in [5.41, 5.74) is 9.13. The molecule has 1 aromatic heterocycles. The maximum atomic E-state index is 5.65. The molecule has 1 aliphatic heterocycles. The van der Waals surface area contributed by atoms with Crippen molar-refractivity contribution in [2.75, 3.05) is 11.4 Å². The molecule has 1 aromatic carbocycles. The molecule has 2 N–H and O–H groups in total. The third kappa shape index (κ3) is 2.44. The molecule has 0 atom stereocenters. The average molecular weight is 254 g/mol. The van der Waals surface area contributed by atoms with E-state index < -0.39 is 0 Å². The summed E-state index contributed by atoms with van der Waals surface area (Å²) < 4.78 is 0. The number of benzene rings is 1. The second-order valence-electron chi connectivity index (χ2n) is 4.81. The van der Waals surface area contributed by atoms with Crippen LogP contribution in [0.1, 0.15) is 24.1 Å². The van der Waals surface area contributed by atoms with Crippen LogP contribution in [0.25, 0.3) is 0 Å². The molecule has 3 rings (SSSR count). The fourth-order valence-corrected chi connectivity index (χ4v) is 2.55. The van der Waals surface area contributed by atoms with Crippen molar-refractivity contribution in [2.24, 2.45) is 5.73 Å². The first kappa shape index (κ1) is 12.1. The van der Waals surface area contributed by atoms with E-state index in [0.717, 1.165) is 24.5 Å². The Hall–Kier alpha value is -1.94. The summed E-state index contributed by atoms with van der Waals surface area (Å²) in [5.74, 6) is 0.900. The predicted octanol–water partition coefficient (Wildman–Crippen LogP) is 2.41. The van der Waals surface area contributed by atoms with Crippen molar-refractivity contribution in [1.82, 2.24) is 9.97 Å². The van der Waals surface area contributed by atoms with Gasteiger partial charge in [0.1, 0.15) is 0 Å². The first-order valence-corrected chi connectivity index (χ1v) is 6.75. The Balaban J connectivity index is 2.03. The van der Waals surface area contributed by atoms with E-state index in [1.54, 1.807) is 6.20 Å². The van der Waals surface area contributed by atoms with Crippen LogP contribution in [-0.2, 0) is 13.0 Å². The van der Waals surface area contributed by atoms with Gasteiger partial charge < -0.3 is 10.6 Å². The lowest BCUT2D eigenvalue weighted by atomic mass is 10.1. The maximum Gasteiger partial charge on any atom is 0.151 e. The lowest BCUT2D eigenvalue weighted by Gasteiger charge is -2.23. The molecule has 4 heteroatoms. The maximum absolute atomic E-state index is 5.65. The van der Waals surface area contributed by atoms with Gasteiger partial charge in [0.2, 0.25) is 0 Å². The van der Waals surface area contributed by atoms with Crippen LogP contribution in [0.3, 0.4) is 0 Å². The average Bonchev–Trinajstić information content (AvgIpc) is 2.69. The summed E-state index contributed by atoms with van der Waals surface area (Å²) in [7, 11) is 0. The summed E-state index contributed by atoms with van der Waals surface area (Å²) in [4.78, 5) is 11.1. The van der Waals surface area contributed by atoms with Gasteiger partial charge >= 0.3 is 0 Å². The van der Waals surface area contributed by atoms with Crippen LogP contribution in [0.2, 0.25) is 0 Å². The molecular weight excluding hydrogens is 236 g/mol. The number of nitrogens with two attached hydrogens (primary N) is 1. The van der Waals surface area contributed by atoms with Crippen LogP contribution in [0.5, 0.6) is 0 Å². The fourth-order valence-electron chi connectivity index (χ4n) is 2.55. The first-order valence-electron chi connectivity index (χ1n) is 6.75. The van der Waals surface area contributed by atoms with E-state index in [-0.39, 0.29) is 0 Å². The van der Waals surface area contributed by atoms with E-state index in [2.05, 4.69) is 39.1 Å². The molecule has 19 heavy (non-hydrogen) atoms. The van der Waals surface area contributed by atoms with Crippen molar-refractivity contribution >= 4 is 11.5 Å². The van der Waals surface area contributed by atoms with Crippen LogP contribution in [0.15, 0.2) is 36.7 Å². The van der Waals surface area contributed by atoms with Gasteiger partial charge in [-0.3, -0.25) is 4.98 Å². The molecule has 1 aliphatic rings. The molecule has 98 valence electrons. The van der Waals surface area contributed by atoms with Gasteiger partial charge in [0.05, 0.1) is 11.9 Å². The topological polar surface area (TPSA) is 55.0 Å². The van der Waals surface area contributed by atoms with Crippen LogP contribution >= 0.6 is 0 Å². The van der Waals surface area contributed by atoms with E-state index >= 15 is 0 Å². The smallest absolute Gasteiger partial charge is 0.151 e. The highest BCUT2D eigenvalue weighted by atomic mass is 15.2. The fraction of sp³-hybridized carbons (Fsp3) is 0.333. The normalized spacial score (nSPS) is 14.9. The van der Waals surface area contributed by atoms with Gasteiger partial charge in [0.15, 0.2) is 5.82 Å². The van der Waals surface area contributed by atoms with Gasteiger partial charge in [0.25, 0.3) is 0 Å². The Morgan fingerprint density at radius 2 is 2.05 bits per heavy atom. The molecule has 0 radical (unpaired) electrons. The minimum Gasteiger partial charge on any atom is -0.325 e. The van der Waals surface area contributed by atoms with E-state index in [0.29, 0.717) is 6.54 Å². The van der Waals surface area contributed by atoms with Gasteiger partial charge in [-0.05, 0) is 30.9 Å². The SMILES string of the molecule is NCc1cncc(N2CCCCc3ccccc32)n1. The summed E-state index contributed by atoms with van der Waals surface area (Å²) in [6.07, 6.45) is 7.08. The number of anilines is 2. The van der Waals surface area contributed by atoms with E-state index in [4.69, 9.17) is 5.73 Å². The number of fused-ring (bicyclic) bond motifs is 1. The van der Waals surface area contributed by atoms with Crippen LogP contribution < -0.4 is 10.6 Å². The Bertz CT molecular complexity index is 568. The number of hydrogen-bond acceptors (Lipinski definition) is 4. The zero-order valence-corrected chi connectivity index (χ0v) is 10.9. The number of hydrogen-bond donors (Lipinski definition) is 1. The van der Waals surface area contributed by atoms with Crippen molar-refractivity contribution in [3.63, 3.8) is 0 Å². The second kappa shape index (κ2) is 5.36. The summed E-state index contributed by atoms with van der Waals surface area (Å²) in [6.45, 7) is 1.41. The van der Waals surface area contributed by atoms with Crippen LogP contribution in [0, 0.1) is 0 Å². The van der Waals surface area contributed by atoms with E-state index in [1.165, 1.54) is 24.1 Å². The van der Waals surface area contributed by atoms with Gasteiger partial charge in [-0.25, -0.2) is 4.98 Å². The molecule has 4 nitrogen and oxygen atoms in total. The van der Waals surface area contributed by atoms with Gasteiger partial charge in [0, 0.05) is 25.0 Å². The largest absolute Gasteiger partial charge is 0.325 e.